The molecule has 1 aliphatic rings. The zero-order chi connectivity index (χ0) is 15.1. The number of nitrogens with zero attached hydrogens (tertiary/aromatic N) is 1. The zero-order valence-electron chi connectivity index (χ0n) is 13.2. The monoisotopic (exact) mass is 289 g/mol. The second kappa shape index (κ2) is 8.01. The Balaban J connectivity index is 2.03. The van der Waals surface area contributed by atoms with E-state index in [9.17, 15) is 4.79 Å². The smallest absolute Gasteiger partial charge is 0.251 e. The first kappa shape index (κ1) is 15.8. The van der Waals surface area contributed by atoms with Crippen LogP contribution in [0.15, 0.2) is 12.1 Å². The number of hydrogen-bond donors (Lipinski definition) is 2. The molecule has 1 fully saturated rings. The van der Waals surface area contributed by atoms with Crippen molar-refractivity contribution in [1.82, 2.24) is 10.3 Å². The molecule has 0 aromatic carbocycles. The van der Waals surface area contributed by atoms with Crippen LogP contribution in [0.25, 0.3) is 0 Å². The Bertz CT molecular complexity index is 469. The van der Waals surface area contributed by atoms with E-state index >= 15 is 0 Å². The van der Waals surface area contributed by atoms with E-state index in [1.807, 2.05) is 12.1 Å². The second-order valence-corrected chi connectivity index (χ2v) is 5.92. The van der Waals surface area contributed by atoms with E-state index in [-0.39, 0.29) is 5.91 Å². The minimum absolute atomic E-state index is 0.0289. The first-order chi connectivity index (χ1) is 10.2. The molecule has 1 aromatic rings. The Hall–Kier alpha value is -1.58. The molecule has 116 valence electrons. The molecule has 2 N–H and O–H groups in total. The van der Waals surface area contributed by atoms with Crippen LogP contribution in [-0.2, 0) is 6.42 Å². The molecule has 1 aliphatic carbocycles. The lowest BCUT2D eigenvalue weighted by Gasteiger charge is -2.25. The van der Waals surface area contributed by atoms with Crippen LogP contribution in [0.3, 0.4) is 0 Å². The highest BCUT2D eigenvalue weighted by molar-refractivity contribution is 5.95. The van der Waals surface area contributed by atoms with Gasteiger partial charge in [0.2, 0.25) is 0 Å². The van der Waals surface area contributed by atoms with Gasteiger partial charge in [0.25, 0.3) is 5.91 Å². The maximum atomic E-state index is 12.3. The summed E-state index contributed by atoms with van der Waals surface area (Å²) in [6, 6.07) is 3.79. The third-order valence-electron chi connectivity index (χ3n) is 3.98. The van der Waals surface area contributed by atoms with Crippen molar-refractivity contribution in [3.8, 4) is 0 Å². The van der Waals surface area contributed by atoms with E-state index in [4.69, 9.17) is 0 Å². The van der Waals surface area contributed by atoms with Gasteiger partial charge in [-0.25, -0.2) is 4.98 Å². The SMILES string of the molecule is CCCNc1cc(C(=O)NCC2CCC2)cc(CCC)n1. The molecule has 0 radical (unpaired) electrons. The molecule has 4 heteroatoms. The first-order valence-corrected chi connectivity index (χ1v) is 8.26. The standard InChI is InChI=1S/C17H27N3O/c1-3-6-15-10-14(11-16(20-15)18-9-4-2)17(21)19-12-13-7-5-8-13/h10-11,13H,3-9,12H2,1-2H3,(H,18,20)(H,19,21). The van der Waals surface area contributed by atoms with Crippen molar-refractivity contribution in [2.24, 2.45) is 5.92 Å². The molecule has 0 spiro atoms. The van der Waals surface area contributed by atoms with Crippen LogP contribution in [0.4, 0.5) is 5.82 Å². The molecular formula is C17H27N3O. The number of aromatic nitrogens is 1. The van der Waals surface area contributed by atoms with Crippen LogP contribution < -0.4 is 10.6 Å². The van der Waals surface area contributed by atoms with Crippen LogP contribution in [-0.4, -0.2) is 24.0 Å². The number of amides is 1. The summed E-state index contributed by atoms with van der Waals surface area (Å²) in [6.45, 7) is 5.94. The first-order valence-electron chi connectivity index (χ1n) is 8.26. The Morgan fingerprint density at radius 3 is 2.71 bits per heavy atom. The quantitative estimate of drug-likeness (QED) is 0.771. The Morgan fingerprint density at radius 2 is 2.10 bits per heavy atom. The van der Waals surface area contributed by atoms with Crippen molar-refractivity contribution in [1.29, 1.82) is 0 Å². The van der Waals surface area contributed by atoms with Gasteiger partial charge in [-0.2, -0.15) is 0 Å². The van der Waals surface area contributed by atoms with Crippen molar-refractivity contribution in [2.75, 3.05) is 18.4 Å². The molecular weight excluding hydrogens is 262 g/mol. The molecule has 0 atom stereocenters. The maximum absolute atomic E-state index is 12.3. The zero-order valence-corrected chi connectivity index (χ0v) is 13.2. The number of carbonyl (C=O) groups is 1. The number of carbonyl (C=O) groups excluding carboxylic acids is 1. The molecule has 0 aliphatic heterocycles. The highest BCUT2D eigenvalue weighted by Crippen LogP contribution is 2.25. The Morgan fingerprint density at radius 1 is 1.29 bits per heavy atom. The molecule has 0 bridgehead atoms. The average molecular weight is 289 g/mol. The van der Waals surface area contributed by atoms with E-state index < -0.39 is 0 Å². The largest absolute Gasteiger partial charge is 0.370 e. The lowest BCUT2D eigenvalue weighted by molar-refractivity contribution is 0.0939. The minimum atomic E-state index is 0.0289. The van der Waals surface area contributed by atoms with Crippen molar-refractivity contribution in [3.05, 3.63) is 23.4 Å². The summed E-state index contributed by atoms with van der Waals surface area (Å²) in [5, 5.41) is 6.34. The van der Waals surface area contributed by atoms with Gasteiger partial charge in [-0.15, -0.1) is 0 Å². The molecule has 0 unspecified atom stereocenters. The second-order valence-electron chi connectivity index (χ2n) is 5.92. The lowest BCUT2D eigenvalue weighted by atomic mass is 9.85. The van der Waals surface area contributed by atoms with Gasteiger partial charge in [-0.05, 0) is 43.7 Å². The van der Waals surface area contributed by atoms with Crippen LogP contribution in [0.5, 0.6) is 0 Å². The summed E-state index contributed by atoms with van der Waals surface area (Å²) in [6.07, 6.45) is 6.80. The normalized spacial score (nSPS) is 14.6. The summed E-state index contributed by atoms with van der Waals surface area (Å²) in [4.78, 5) is 16.9. The van der Waals surface area contributed by atoms with Gasteiger partial charge in [0.15, 0.2) is 0 Å². The number of anilines is 1. The predicted octanol–water partition coefficient (Wildman–Crippen LogP) is 3.39. The Labute approximate surface area is 127 Å². The molecule has 2 rings (SSSR count). The molecule has 1 aromatic heterocycles. The number of rotatable bonds is 8. The fraction of sp³-hybridized carbons (Fsp3) is 0.647. The third-order valence-corrected chi connectivity index (χ3v) is 3.98. The Kier molecular flexibility index (Phi) is 6.03. The van der Waals surface area contributed by atoms with Crippen molar-refractivity contribution in [2.45, 2.75) is 52.4 Å². The van der Waals surface area contributed by atoms with Gasteiger partial charge in [-0.1, -0.05) is 26.7 Å². The van der Waals surface area contributed by atoms with Gasteiger partial charge >= 0.3 is 0 Å². The fourth-order valence-corrected chi connectivity index (χ4v) is 2.48. The molecule has 1 amide bonds. The third kappa shape index (κ3) is 4.73. The number of hydrogen-bond acceptors (Lipinski definition) is 3. The number of aryl methyl sites for hydroxylation is 1. The average Bonchev–Trinajstić information content (AvgIpc) is 2.43. The predicted molar refractivity (Wildman–Crippen MR) is 86.7 cm³/mol. The summed E-state index contributed by atoms with van der Waals surface area (Å²) in [5.74, 6) is 1.53. The van der Waals surface area contributed by atoms with E-state index in [0.29, 0.717) is 5.92 Å². The van der Waals surface area contributed by atoms with Gasteiger partial charge in [0, 0.05) is 24.3 Å². The number of pyridine rings is 1. The van der Waals surface area contributed by atoms with Crippen LogP contribution in [0, 0.1) is 5.92 Å². The van der Waals surface area contributed by atoms with E-state index in [0.717, 1.165) is 49.4 Å². The molecule has 0 saturated heterocycles. The van der Waals surface area contributed by atoms with Gasteiger partial charge in [0.05, 0.1) is 0 Å². The summed E-state index contributed by atoms with van der Waals surface area (Å²) in [5.41, 5.74) is 1.72. The molecule has 1 heterocycles. The van der Waals surface area contributed by atoms with E-state index in [2.05, 4.69) is 29.5 Å². The van der Waals surface area contributed by atoms with E-state index in [1.54, 1.807) is 0 Å². The van der Waals surface area contributed by atoms with Crippen molar-refractivity contribution >= 4 is 11.7 Å². The maximum Gasteiger partial charge on any atom is 0.251 e. The topological polar surface area (TPSA) is 54.0 Å². The van der Waals surface area contributed by atoms with Crippen molar-refractivity contribution in [3.63, 3.8) is 0 Å². The van der Waals surface area contributed by atoms with Gasteiger partial charge < -0.3 is 10.6 Å². The summed E-state index contributed by atoms with van der Waals surface area (Å²) >= 11 is 0. The van der Waals surface area contributed by atoms with Gasteiger partial charge in [0.1, 0.15) is 5.82 Å². The molecule has 21 heavy (non-hydrogen) atoms. The van der Waals surface area contributed by atoms with Crippen LogP contribution in [0.2, 0.25) is 0 Å². The van der Waals surface area contributed by atoms with Gasteiger partial charge in [-0.3, -0.25) is 4.79 Å². The van der Waals surface area contributed by atoms with E-state index in [1.165, 1.54) is 19.3 Å². The fourth-order valence-electron chi connectivity index (χ4n) is 2.48. The minimum Gasteiger partial charge on any atom is -0.370 e. The van der Waals surface area contributed by atoms with Crippen LogP contribution >= 0.6 is 0 Å². The molecule has 4 nitrogen and oxygen atoms in total. The van der Waals surface area contributed by atoms with Crippen molar-refractivity contribution < 1.29 is 4.79 Å². The summed E-state index contributed by atoms with van der Waals surface area (Å²) in [7, 11) is 0. The van der Waals surface area contributed by atoms with Crippen LogP contribution in [0.1, 0.15) is 62.0 Å². The lowest BCUT2D eigenvalue weighted by Crippen LogP contribution is -2.32. The highest BCUT2D eigenvalue weighted by Gasteiger charge is 2.18. The number of nitrogens with one attached hydrogen (secondary N) is 2. The summed E-state index contributed by atoms with van der Waals surface area (Å²) < 4.78 is 0. The molecule has 1 saturated carbocycles. The highest BCUT2D eigenvalue weighted by atomic mass is 16.1.